The Morgan fingerprint density at radius 2 is 1.57 bits per heavy atom. The number of piperidine rings is 1. The van der Waals surface area contributed by atoms with E-state index in [0.717, 1.165) is 25.9 Å². The lowest BCUT2D eigenvalue weighted by molar-refractivity contribution is -0.141. The molecule has 0 aromatic heterocycles. The molecule has 0 amide bonds. The first kappa shape index (κ1) is 17.1. The van der Waals surface area contributed by atoms with Crippen molar-refractivity contribution in [3.8, 4) is 0 Å². The van der Waals surface area contributed by atoms with Crippen LogP contribution in [0.3, 0.4) is 0 Å². The maximum atomic E-state index is 10.7. The number of aliphatic carboxylic acids is 3. The van der Waals surface area contributed by atoms with Crippen LogP contribution in [-0.4, -0.2) is 58.5 Å². The van der Waals surface area contributed by atoms with E-state index in [4.69, 9.17) is 20.1 Å². The fraction of sp³-hybridized carbons (Fsp3) is 0.615. The van der Waals surface area contributed by atoms with Gasteiger partial charge >= 0.3 is 17.9 Å². The number of hydrogen-bond donors (Lipinski definition) is 4. The monoisotopic (exact) mass is 301 g/mol. The summed E-state index contributed by atoms with van der Waals surface area (Å²) in [6.45, 7) is 2.30. The van der Waals surface area contributed by atoms with Gasteiger partial charge in [-0.3, -0.25) is 4.79 Å². The first-order valence-electron chi connectivity index (χ1n) is 6.56. The van der Waals surface area contributed by atoms with Gasteiger partial charge in [0.1, 0.15) is 0 Å². The Kier molecular flexibility index (Phi) is 6.32. The third-order valence-corrected chi connectivity index (χ3v) is 3.44. The highest BCUT2D eigenvalue weighted by Crippen LogP contribution is 2.36. The third-order valence-electron chi connectivity index (χ3n) is 3.44. The summed E-state index contributed by atoms with van der Waals surface area (Å²) in [5.74, 6) is -3.51. The smallest absolute Gasteiger partial charge is 0.328 e. The number of rotatable bonds is 3. The Bertz CT molecular complexity index is 410. The summed E-state index contributed by atoms with van der Waals surface area (Å²) in [5, 5.41) is 27.7. The minimum absolute atomic E-state index is 0.117. The molecule has 118 valence electrons. The van der Waals surface area contributed by atoms with Crippen molar-refractivity contribution in [1.29, 1.82) is 0 Å². The van der Waals surface area contributed by atoms with Gasteiger partial charge in [-0.05, 0) is 32.4 Å². The van der Waals surface area contributed by atoms with Crippen LogP contribution in [0, 0.1) is 5.92 Å². The fourth-order valence-electron chi connectivity index (χ4n) is 2.38. The number of nitrogens with one attached hydrogen (secondary N) is 1. The summed E-state index contributed by atoms with van der Waals surface area (Å²) in [6.07, 6.45) is 3.72. The van der Waals surface area contributed by atoms with Gasteiger partial charge in [-0.25, -0.2) is 9.59 Å². The molecular formula is C13H19NO7. The van der Waals surface area contributed by atoms with Gasteiger partial charge in [0, 0.05) is 12.2 Å². The van der Waals surface area contributed by atoms with Crippen molar-refractivity contribution >= 4 is 17.9 Å². The molecule has 2 heterocycles. The minimum atomic E-state index is -1.26. The summed E-state index contributed by atoms with van der Waals surface area (Å²) in [5.41, 5.74) is -0.117. The normalized spacial score (nSPS) is 23.5. The Hall–Kier alpha value is -1.93. The Morgan fingerprint density at radius 3 is 1.95 bits per heavy atom. The predicted octanol–water partition coefficient (Wildman–Crippen LogP) is -0.0585. The highest BCUT2D eigenvalue weighted by atomic mass is 16.5. The van der Waals surface area contributed by atoms with Crippen molar-refractivity contribution in [2.75, 3.05) is 19.7 Å². The van der Waals surface area contributed by atoms with Crippen LogP contribution >= 0.6 is 0 Å². The average molecular weight is 301 g/mol. The van der Waals surface area contributed by atoms with Crippen molar-refractivity contribution in [3.05, 3.63) is 12.2 Å². The maximum Gasteiger partial charge on any atom is 0.328 e. The molecule has 0 aromatic rings. The molecule has 1 unspecified atom stereocenters. The second-order valence-electron chi connectivity index (χ2n) is 4.99. The SMILES string of the molecule is O=C(O)C1COC2(CCNCC2)C1.O=C(O)C=CC(=O)O. The molecule has 2 fully saturated rings. The molecule has 21 heavy (non-hydrogen) atoms. The van der Waals surface area contributed by atoms with Gasteiger partial charge in [-0.1, -0.05) is 0 Å². The molecule has 2 aliphatic heterocycles. The molecule has 0 radical (unpaired) electrons. The molecule has 8 nitrogen and oxygen atoms in total. The van der Waals surface area contributed by atoms with E-state index in [-0.39, 0.29) is 11.5 Å². The molecule has 2 saturated heterocycles. The lowest BCUT2D eigenvalue weighted by Crippen LogP contribution is -2.41. The first-order chi connectivity index (χ1) is 9.84. The standard InChI is InChI=1S/C9H15NO3.C4H4O4/c11-8(12)7-5-9(13-6-7)1-3-10-4-2-9;5-3(6)1-2-4(7)8/h7,10H,1-6H2,(H,11,12);1-2H,(H,5,6)(H,7,8). The molecule has 1 atom stereocenters. The summed E-state index contributed by atoms with van der Waals surface area (Å²) in [6, 6.07) is 0. The van der Waals surface area contributed by atoms with Crippen LogP contribution in [0.15, 0.2) is 12.2 Å². The summed E-state index contributed by atoms with van der Waals surface area (Å²) in [7, 11) is 0. The average Bonchev–Trinajstić information content (AvgIpc) is 2.82. The van der Waals surface area contributed by atoms with Gasteiger partial charge in [0.05, 0.1) is 18.1 Å². The van der Waals surface area contributed by atoms with Gasteiger partial charge in [-0.15, -0.1) is 0 Å². The van der Waals surface area contributed by atoms with Gasteiger partial charge in [-0.2, -0.15) is 0 Å². The number of carboxylic acid groups (broad SMARTS) is 3. The van der Waals surface area contributed by atoms with Crippen LogP contribution in [0.1, 0.15) is 19.3 Å². The van der Waals surface area contributed by atoms with E-state index >= 15 is 0 Å². The highest BCUT2D eigenvalue weighted by Gasteiger charge is 2.43. The van der Waals surface area contributed by atoms with E-state index in [2.05, 4.69) is 5.32 Å². The molecule has 2 aliphatic rings. The zero-order valence-corrected chi connectivity index (χ0v) is 11.4. The number of carbonyl (C=O) groups is 3. The molecule has 0 saturated carbocycles. The van der Waals surface area contributed by atoms with Crippen LogP contribution in [-0.2, 0) is 19.1 Å². The van der Waals surface area contributed by atoms with Crippen LogP contribution in [0.5, 0.6) is 0 Å². The van der Waals surface area contributed by atoms with E-state index < -0.39 is 17.9 Å². The summed E-state index contributed by atoms with van der Waals surface area (Å²) in [4.78, 5) is 29.8. The van der Waals surface area contributed by atoms with E-state index in [1.54, 1.807) is 0 Å². The summed E-state index contributed by atoms with van der Waals surface area (Å²) < 4.78 is 5.63. The van der Waals surface area contributed by atoms with Gasteiger partial charge < -0.3 is 25.4 Å². The minimum Gasteiger partial charge on any atom is -0.481 e. The quantitative estimate of drug-likeness (QED) is 0.533. The molecule has 0 bridgehead atoms. The summed E-state index contributed by atoms with van der Waals surface area (Å²) >= 11 is 0. The molecule has 0 aliphatic carbocycles. The number of carboxylic acids is 3. The zero-order chi connectivity index (χ0) is 15.9. The van der Waals surface area contributed by atoms with Gasteiger partial charge in [0.2, 0.25) is 0 Å². The van der Waals surface area contributed by atoms with Crippen LogP contribution in [0.25, 0.3) is 0 Å². The largest absolute Gasteiger partial charge is 0.481 e. The van der Waals surface area contributed by atoms with Crippen molar-refractivity contribution < 1.29 is 34.4 Å². The maximum absolute atomic E-state index is 10.7. The number of hydrogen-bond acceptors (Lipinski definition) is 5. The van der Waals surface area contributed by atoms with E-state index in [1.165, 1.54) is 0 Å². The van der Waals surface area contributed by atoms with Crippen molar-refractivity contribution in [2.24, 2.45) is 5.92 Å². The first-order valence-corrected chi connectivity index (χ1v) is 6.56. The Morgan fingerprint density at radius 1 is 1.05 bits per heavy atom. The molecule has 4 N–H and O–H groups in total. The van der Waals surface area contributed by atoms with Crippen molar-refractivity contribution in [2.45, 2.75) is 24.9 Å². The Labute approximate surface area is 121 Å². The second-order valence-corrected chi connectivity index (χ2v) is 4.99. The second kappa shape index (κ2) is 7.75. The lowest BCUT2D eigenvalue weighted by atomic mass is 9.86. The Balaban J connectivity index is 0.000000240. The highest BCUT2D eigenvalue weighted by molar-refractivity contribution is 5.89. The van der Waals surface area contributed by atoms with E-state index in [1.807, 2.05) is 0 Å². The lowest BCUT2D eigenvalue weighted by Gasteiger charge is -2.32. The van der Waals surface area contributed by atoms with Crippen molar-refractivity contribution in [3.63, 3.8) is 0 Å². The zero-order valence-electron chi connectivity index (χ0n) is 11.4. The van der Waals surface area contributed by atoms with E-state index in [9.17, 15) is 14.4 Å². The third kappa shape index (κ3) is 5.92. The van der Waals surface area contributed by atoms with Crippen LogP contribution in [0.4, 0.5) is 0 Å². The molecule has 0 aromatic carbocycles. The molecule has 2 rings (SSSR count). The molecule has 8 heteroatoms. The van der Waals surface area contributed by atoms with E-state index in [0.29, 0.717) is 25.2 Å². The van der Waals surface area contributed by atoms with Crippen LogP contribution in [0.2, 0.25) is 0 Å². The molecule has 1 spiro atoms. The van der Waals surface area contributed by atoms with Gasteiger partial charge in [0.25, 0.3) is 0 Å². The molecular weight excluding hydrogens is 282 g/mol. The number of ether oxygens (including phenoxy) is 1. The van der Waals surface area contributed by atoms with Gasteiger partial charge in [0.15, 0.2) is 0 Å². The topological polar surface area (TPSA) is 133 Å². The predicted molar refractivity (Wildman–Crippen MR) is 70.9 cm³/mol. The van der Waals surface area contributed by atoms with Crippen LogP contribution < -0.4 is 5.32 Å². The van der Waals surface area contributed by atoms with Crippen molar-refractivity contribution in [1.82, 2.24) is 5.32 Å². The fourth-order valence-corrected chi connectivity index (χ4v) is 2.38.